The monoisotopic (exact) mass is 409 g/mol. The van der Waals surface area contributed by atoms with Crippen molar-refractivity contribution in [3.05, 3.63) is 53.7 Å². The highest BCUT2D eigenvalue weighted by molar-refractivity contribution is 5.95. The average Bonchev–Trinajstić information content (AvgIpc) is 2.72. The Labute approximate surface area is 166 Å². The van der Waals surface area contributed by atoms with E-state index in [2.05, 4.69) is 15.2 Å². The summed E-state index contributed by atoms with van der Waals surface area (Å²) >= 11 is 0. The van der Waals surface area contributed by atoms with Crippen LogP contribution in [0.5, 0.6) is 0 Å². The van der Waals surface area contributed by atoms with Crippen molar-refractivity contribution in [1.82, 2.24) is 9.88 Å². The van der Waals surface area contributed by atoms with Crippen LogP contribution >= 0.6 is 0 Å². The van der Waals surface area contributed by atoms with E-state index in [1.54, 1.807) is 6.07 Å². The Morgan fingerprint density at radius 2 is 2.00 bits per heavy atom. The Morgan fingerprint density at radius 1 is 1.21 bits per heavy atom. The second-order valence-corrected chi connectivity index (χ2v) is 6.55. The standard InChI is InChI=1S/C20H22F3N3O3/c21-20(22,23)15-4-1-5-16(14-15)25-18-17(6-2-7-24-18)19(27)29-11-3-8-26-9-12-28-13-10-26/h1-2,4-7,14H,3,8-13H2,(H,24,25). The van der Waals surface area contributed by atoms with E-state index in [1.165, 1.54) is 24.4 Å². The van der Waals surface area contributed by atoms with Crippen LogP contribution in [-0.2, 0) is 15.7 Å². The molecule has 2 heterocycles. The third-order valence-electron chi connectivity index (χ3n) is 4.44. The molecule has 1 fully saturated rings. The number of ether oxygens (including phenoxy) is 2. The summed E-state index contributed by atoms with van der Waals surface area (Å²) in [4.78, 5) is 18.7. The molecule has 29 heavy (non-hydrogen) atoms. The first-order chi connectivity index (χ1) is 13.9. The number of carbonyl (C=O) groups is 1. The molecule has 0 amide bonds. The predicted octanol–water partition coefficient (Wildman–Crippen LogP) is 3.72. The molecule has 0 bridgehead atoms. The first-order valence-electron chi connectivity index (χ1n) is 9.30. The second-order valence-electron chi connectivity index (χ2n) is 6.55. The van der Waals surface area contributed by atoms with Gasteiger partial charge in [0.25, 0.3) is 0 Å². The summed E-state index contributed by atoms with van der Waals surface area (Å²) in [6, 6.07) is 7.80. The molecule has 156 valence electrons. The minimum absolute atomic E-state index is 0.144. The van der Waals surface area contributed by atoms with Crippen molar-refractivity contribution < 1.29 is 27.4 Å². The van der Waals surface area contributed by atoms with E-state index in [0.717, 1.165) is 31.8 Å². The zero-order valence-electron chi connectivity index (χ0n) is 15.7. The van der Waals surface area contributed by atoms with Gasteiger partial charge in [-0.15, -0.1) is 0 Å². The number of esters is 1. The molecule has 0 aliphatic carbocycles. The molecular weight excluding hydrogens is 387 g/mol. The molecule has 6 nitrogen and oxygen atoms in total. The average molecular weight is 409 g/mol. The molecular formula is C20H22F3N3O3. The van der Waals surface area contributed by atoms with Gasteiger partial charge in [-0.2, -0.15) is 13.2 Å². The fourth-order valence-corrected chi connectivity index (χ4v) is 2.94. The van der Waals surface area contributed by atoms with Crippen LogP contribution < -0.4 is 5.32 Å². The molecule has 0 saturated carbocycles. The van der Waals surface area contributed by atoms with E-state index in [9.17, 15) is 18.0 Å². The molecule has 9 heteroatoms. The number of morpholine rings is 1. The Hall–Kier alpha value is -2.65. The van der Waals surface area contributed by atoms with Crippen molar-refractivity contribution in [2.75, 3.05) is 44.8 Å². The number of nitrogens with zero attached hydrogens (tertiary/aromatic N) is 2. The maximum Gasteiger partial charge on any atom is 0.416 e. The number of carbonyl (C=O) groups excluding carboxylic acids is 1. The maximum absolute atomic E-state index is 12.9. The molecule has 1 aromatic carbocycles. The van der Waals surface area contributed by atoms with Gasteiger partial charge in [0.15, 0.2) is 0 Å². The number of anilines is 2. The summed E-state index contributed by atoms with van der Waals surface area (Å²) < 4.78 is 49.3. The first kappa shape index (κ1) is 21.1. The van der Waals surface area contributed by atoms with Crippen molar-refractivity contribution in [2.24, 2.45) is 0 Å². The molecule has 2 aromatic rings. The van der Waals surface area contributed by atoms with Crippen LogP contribution in [0.2, 0.25) is 0 Å². The van der Waals surface area contributed by atoms with Crippen molar-refractivity contribution in [2.45, 2.75) is 12.6 Å². The van der Waals surface area contributed by atoms with Gasteiger partial charge >= 0.3 is 12.1 Å². The number of nitrogens with one attached hydrogen (secondary N) is 1. The van der Waals surface area contributed by atoms with Crippen molar-refractivity contribution >= 4 is 17.5 Å². The number of benzene rings is 1. The highest BCUT2D eigenvalue weighted by atomic mass is 19.4. The van der Waals surface area contributed by atoms with Gasteiger partial charge < -0.3 is 14.8 Å². The topological polar surface area (TPSA) is 63.7 Å². The van der Waals surface area contributed by atoms with E-state index in [4.69, 9.17) is 9.47 Å². The van der Waals surface area contributed by atoms with Crippen LogP contribution in [0.15, 0.2) is 42.6 Å². The van der Waals surface area contributed by atoms with Crippen molar-refractivity contribution in [1.29, 1.82) is 0 Å². The highest BCUT2D eigenvalue weighted by Crippen LogP contribution is 2.31. The first-order valence-corrected chi connectivity index (χ1v) is 9.30. The molecule has 0 unspecified atom stereocenters. The van der Waals surface area contributed by atoms with Gasteiger partial charge in [-0.25, -0.2) is 9.78 Å². The number of pyridine rings is 1. The lowest BCUT2D eigenvalue weighted by Crippen LogP contribution is -2.37. The number of alkyl halides is 3. The zero-order valence-corrected chi connectivity index (χ0v) is 15.7. The van der Waals surface area contributed by atoms with Crippen LogP contribution in [0, 0.1) is 0 Å². The Bertz CT molecular complexity index is 824. The smallest absolute Gasteiger partial charge is 0.416 e. The van der Waals surface area contributed by atoms with Crippen molar-refractivity contribution in [3.8, 4) is 0 Å². The van der Waals surface area contributed by atoms with Gasteiger partial charge in [0, 0.05) is 31.5 Å². The quantitative estimate of drug-likeness (QED) is 0.556. The van der Waals surface area contributed by atoms with Crippen LogP contribution in [0.3, 0.4) is 0 Å². The lowest BCUT2D eigenvalue weighted by atomic mass is 10.2. The van der Waals surface area contributed by atoms with E-state index in [1.807, 2.05) is 0 Å². The van der Waals surface area contributed by atoms with Gasteiger partial charge in [-0.3, -0.25) is 4.90 Å². The van der Waals surface area contributed by atoms with Gasteiger partial charge in [0.1, 0.15) is 11.4 Å². The molecule has 0 radical (unpaired) electrons. The van der Waals surface area contributed by atoms with E-state index in [0.29, 0.717) is 19.6 Å². The molecule has 1 N–H and O–H groups in total. The van der Waals surface area contributed by atoms with Crippen molar-refractivity contribution in [3.63, 3.8) is 0 Å². The lowest BCUT2D eigenvalue weighted by Gasteiger charge is -2.26. The number of hydrogen-bond donors (Lipinski definition) is 1. The van der Waals surface area contributed by atoms with Crippen LogP contribution in [0.25, 0.3) is 0 Å². The predicted molar refractivity (Wildman–Crippen MR) is 101 cm³/mol. The highest BCUT2D eigenvalue weighted by Gasteiger charge is 2.30. The number of halogens is 3. The summed E-state index contributed by atoms with van der Waals surface area (Å²) in [6.07, 6.45) is -2.32. The Morgan fingerprint density at radius 3 is 2.76 bits per heavy atom. The Balaban J connectivity index is 1.59. The van der Waals surface area contributed by atoms with Crippen LogP contribution in [-0.4, -0.2) is 55.3 Å². The third-order valence-corrected chi connectivity index (χ3v) is 4.44. The maximum atomic E-state index is 12.9. The zero-order chi connectivity index (χ0) is 20.7. The Kier molecular flexibility index (Phi) is 7.05. The molecule has 1 aliphatic rings. The van der Waals surface area contributed by atoms with Gasteiger partial charge in [-0.05, 0) is 36.8 Å². The lowest BCUT2D eigenvalue weighted by molar-refractivity contribution is -0.137. The summed E-state index contributed by atoms with van der Waals surface area (Å²) in [6.45, 7) is 4.19. The fourth-order valence-electron chi connectivity index (χ4n) is 2.94. The SMILES string of the molecule is O=C(OCCCN1CCOCC1)c1cccnc1Nc1cccc(C(F)(F)F)c1. The molecule has 1 saturated heterocycles. The molecule has 1 aromatic heterocycles. The minimum Gasteiger partial charge on any atom is -0.462 e. The summed E-state index contributed by atoms with van der Waals surface area (Å²) in [7, 11) is 0. The van der Waals surface area contributed by atoms with Gasteiger partial charge in [0.05, 0.1) is 25.4 Å². The van der Waals surface area contributed by atoms with E-state index < -0.39 is 17.7 Å². The van der Waals surface area contributed by atoms with Crippen LogP contribution in [0.4, 0.5) is 24.7 Å². The normalized spacial score (nSPS) is 15.1. The number of rotatable bonds is 7. The molecule has 1 aliphatic heterocycles. The van der Waals surface area contributed by atoms with Gasteiger partial charge in [0.2, 0.25) is 0 Å². The van der Waals surface area contributed by atoms with Crippen LogP contribution in [0.1, 0.15) is 22.3 Å². The summed E-state index contributed by atoms with van der Waals surface area (Å²) in [5.41, 5.74) is -0.443. The largest absolute Gasteiger partial charge is 0.462 e. The molecule has 0 atom stereocenters. The number of hydrogen-bond acceptors (Lipinski definition) is 6. The minimum atomic E-state index is -4.45. The van der Waals surface area contributed by atoms with E-state index >= 15 is 0 Å². The molecule has 3 rings (SSSR count). The molecule has 0 spiro atoms. The summed E-state index contributed by atoms with van der Waals surface area (Å²) in [5, 5.41) is 2.77. The second kappa shape index (κ2) is 9.71. The third kappa shape index (κ3) is 6.16. The van der Waals surface area contributed by atoms with E-state index in [-0.39, 0.29) is 23.7 Å². The summed E-state index contributed by atoms with van der Waals surface area (Å²) in [5.74, 6) is -0.431. The fraction of sp³-hybridized carbons (Fsp3) is 0.400. The van der Waals surface area contributed by atoms with Gasteiger partial charge in [-0.1, -0.05) is 6.07 Å². The number of aromatic nitrogens is 1.